The predicted octanol–water partition coefficient (Wildman–Crippen LogP) is 2.55. The first-order chi connectivity index (χ1) is 28.1. The molecular formula is C33H44F3N9O13S4. The van der Waals surface area contributed by atoms with E-state index in [-0.39, 0.29) is 23.4 Å². The molecule has 1 aliphatic rings. The number of benzene rings is 2. The highest BCUT2D eigenvalue weighted by atomic mass is 32.2. The Balaban J connectivity index is 0.000000552. The van der Waals surface area contributed by atoms with E-state index >= 15 is 0 Å². The Labute approximate surface area is 355 Å². The molecule has 0 unspecified atom stereocenters. The number of nitrogens with one attached hydrogen (secondary N) is 2. The molecule has 62 heavy (non-hydrogen) atoms. The number of carbonyl (C=O) groups is 1. The van der Waals surface area contributed by atoms with Crippen LogP contribution >= 0.6 is 0 Å². The number of hydrogen-bond acceptors (Lipinski definition) is 15. The SMILES string of the molecule is CS(=O)(=O)O.CS(=O)(=O)O.CS(=O)(=O)O.CS(=O)(=O)O.Cc1ccc(C(=O)Nc2ccc(CN3CCN(C)CC3)c(C(F)(F)F)c2)cc1-n1cc(-c2cnc3[nH]ncc3c2)nn1. The fourth-order valence-corrected chi connectivity index (χ4v) is 4.99. The second kappa shape index (κ2) is 21.9. The number of carbonyl (C=O) groups excluding carboxylic acids is 1. The predicted molar refractivity (Wildman–Crippen MR) is 221 cm³/mol. The summed E-state index contributed by atoms with van der Waals surface area (Å²) in [5, 5.41) is 18.7. The monoisotopic (exact) mass is 959 g/mol. The summed E-state index contributed by atoms with van der Waals surface area (Å²) >= 11 is 0. The molecule has 2 aromatic carbocycles. The maximum absolute atomic E-state index is 14.0. The van der Waals surface area contributed by atoms with Crippen molar-refractivity contribution in [2.24, 2.45) is 0 Å². The fourth-order valence-electron chi connectivity index (χ4n) is 4.99. The van der Waals surface area contributed by atoms with Crippen molar-refractivity contribution in [2.75, 3.05) is 63.6 Å². The van der Waals surface area contributed by atoms with E-state index in [1.165, 1.54) is 12.1 Å². The molecule has 3 aromatic heterocycles. The van der Waals surface area contributed by atoms with Crippen molar-refractivity contribution in [3.8, 4) is 16.9 Å². The second-order valence-corrected chi connectivity index (χ2v) is 19.3. The van der Waals surface area contributed by atoms with Crippen LogP contribution in [0.25, 0.3) is 28.0 Å². The van der Waals surface area contributed by atoms with Crippen LogP contribution in [0.1, 0.15) is 27.0 Å². The number of amides is 1. The van der Waals surface area contributed by atoms with E-state index < -0.39 is 58.1 Å². The standard InChI is InChI=1S/C29H28F3N9O.4CH4O3S/c1-18-3-4-19(12-26(18)41-17-25(36-38-41)21-11-22-15-34-37-27(22)33-14-21)28(42)35-23-6-5-20(24(13-23)29(30,31)32)16-40-9-7-39(2)8-10-40;4*1-5(2,3)4/h3-6,11-15,17H,7-10,16H2,1-2H3,(H,35,42)(H,33,34,37);4*1H3,(H,2,3,4). The number of rotatable bonds is 6. The molecule has 29 heteroatoms. The number of aromatic nitrogens is 6. The average Bonchev–Trinajstić information content (AvgIpc) is 3.77. The number of anilines is 1. The maximum atomic E-state index is 14.0. The molecule has 1 aliphatic heterocycles. The summed E-state index contributed by atoms with van der Waals surface area (Å²) in [5.41, 5.74) is 3.21. The molecule has 1 saturated heterocycles. The lowest BCUT2D eigenvalue weighted by molar-refractivity contribution is -0.138. The molecule has 4 heterocycles. The van der Waals surface area contributed by atoms with Gasteiger partial charge >= 0.3 is 6.18 Å². The van der Waals surface area contributed by atoms with Crippen molar-refractivity contribution >= 4 is 63.1 Å². The van der Waals surface area contributed by atoms with Gasteiger partial charge in [-0.05, 0) is 55.4 Å². The third kappa shape index (κ3) is 22.2. The largest absolute Gasteiger partial charge is 0.416 e. The molecule has 0 aliphatic carbocycles. The Morgan fingerprint density at radius 1 is 0.806 bits per heavy atom. The number of likely N-dealkylation sites (N-methyl/N-ethyl adjacent to an activating group) is 1. The lowest BCUT2D eigenvalue weighted by Crippen LogP contribution is -2.44. The minimum atomic E-state index is -4.55. The van der Waals surface area contributed by atoms with Crippen LogP contribution in [0.4, 0.5) is 18.9 Å². The maximum Gasteiger partial charge on any atom is 0.416 e. The van der Waals surface area contributed by atoms with Crippen LogP contribution < -0.4 is 5.32 Å². The highest BCUT2D eigenvalue weighted by Crippen LogP contribution is 2.35. The smallest absolute Gasteiger partial charge is 0.322 e. The van der Waals surface area contributed by atoms with Crippen LogP contribution in [0.3, 0.4) is 0 Å². The van der Waals surface area contributed by atoms with Crippen molar-refractivity contribution in [3.05, 3.63) is 83.3 Å². The number of fused-ring (bicyclic) bond motifs is 1. The van der Waals surface area contributed by atoms with E-state index in [4.69, 9.17) is 18.2 Å². The quantitative estimate of drug-likeness (QED) is 0.133. The molecular weight excluding hydrogens is 916 g/mol. The van der Waals surface area contributed by atoms with Gasteiger partial charge in [0.05, 0.1) is 48.7 Å². The van der Waals surface area contributed by atoms with Gasteiger partial charge in [0.15, 0.2) is 5.65 Å². The molecule has 5 aromatic rings. The summed E-state index contributed by atoms with van der Waals surface area (Å²) < 4.78 is 147. The van der Waals surface area contributed by atoms with E-state index in [1.54, 1.807) is 41.5 Å². The summed E-state index contributed by atoms with van der Waals surface area (Å²) in [5.74, 6) is -0.536. The van der Waals surface area contributed by atoms with Gasteiger partial charge in [-0.25, -0.2) is 9.67 Å². The van der Waals surface area contributed by atoms with E-state index in [9.17, 15) is 51.6 Å². The molecule has 0 atom stereocenters. The number of halogens is 3. The Morgan fingerprint density at radius 3 is 1.89 bits per heavy atom. The number of piperazine rings is 1. The Hall–Kier alpha value is -4.98. The lowest BCUT2D eigenvalue weighted by atomic mass is 10.0. The lowest BCUT2D eigenvalue weighted by Gasteiger charge is -2.33. The number of alkyl halides is 3. The van der Waals surface area contributed by atoms with E-state index in [2.05, 4.69) is 35.7 Å². The van der Waals surface area contributed by atoms with Crippen molar-refractivity contribution in [3.63, 3.8) is 0 Å². The zero-order valence-corrected chi connectivity index (χ0v) is 36.9. The van der Waals surface area contributed by atoms with Crippen molar-refractivity contribution in [1.82, 2.24) is 40.0 Å². The second-order valence-electron chi connectivity index (χ2n) is 13.4. The molecule has 6 rings (SSSR count). The van der Waals surface area contributed by atoms with E-state index in [0.29, 0.717) is 55.1 Å². The first kappa shape index (κ1) is 53.2. The fraction of sp³-hybridized carbons (Fsp3) is 0.364. The third-order valence-corrected chi connectivity index (χ3v) is 7.46. The average molecular weight is 960 g/mol. The molecule has 0 spiro atoms. The molecule has 6 N–H and O–H groups in total. The van der Waals surface area contributed by atoms with Crippen LogP contribution in [0.15, 0.2) is 61.1 Å². The molecule has 0 bridgehead atoms. The number of hydrogen-bond donors (Lipinski definition) is 6. The highest BCUT2D eigenvalue weighted by molar-refractivity contribution is 7.85. The van der Waals surface area contributed by atoms with Gasteiger partial charge in [-0.15, -0.1) is 5.10 Å². The van der Waals surface area contributed by atoms with Crippen molar-refractivity contribution in [1.29, 1.82) is 0 Å². The highest BCUT2D eigenvalue weighted by Gasteiger charge is 2.34. The molecule has 344 valence electrons. The Kier molecular flexibility index (Phi) is 18.8. The van der Waals surface area contributed by atoms with Gasteiger partial charge in [-0.3, -0.25) is 33.0 Å². The normalized spacial score (nSPS) is 13.8. The molecule has 1 amide bonds. The summed E-state index contributed by atoms with van der Waals surface area (Å²) in [6, 6.07) is 10.9. The minimum Gasteiger partial charge on any atom is -0.322 e. The Bertz CT molecular complexity index is 2610. The van der Waals surface area contributed by atoms with Crippen LogP contribution in [0.5, 0.6) is 0 Å². The van der Waals surface area contributed by atoms with Crippen LogP contribution in [-0.2, 0) is 53.2 Å². The first-order valence-electron chi connectivity index (χ1n) is 17.1. The van der Waals surface area contributed by atoms with Gasteiger partial charge in [-0.1, -0.05) is 17.3 Å². The number of aromatic amines is 1. The number of H-pyrrole nitrogens is 1. The van der Waals surface area contributed by atoms with Crippen molar-refractivity contribution < 1.29 is 69.8 Å². The zero-order valence-electron chi connectivity index (χ0n) is 33.7. The van der Waals surface area contributed by atoms with Crippen LogP contribution in [0, 0.1) is 6.92 Å². The minimum absolute atomic E-state index is 0.0711. The van der Waals surface area contributed by atoms with Gasteiger partial charge in [0.25, 0.3) is 46.4 Å². The van der Waals surface area contributed by atoms with Gasteiger partial charge in [-0.2, -0.15) is 51.9 Å². The summed E-state index contributed by atoms with van der Waals surface area (Å²) in [4.78, 5) is 21.7. The van der Waals surface area contributed by atoms with Gasteiger partial charge in [0.1, 0.15) is 5.69 Å². The zero-order chi connectivity index (χ0) is 47.4. The van der Waals surface area contributed by atoms with Gasteiger partial charge in [0, 0.05) is 61.1 Å². The Morgan fingerprint density at radius 2 is 1.35 bits per heavy atom. The topological polar surface area (TPSA) is 325 Å². The molecule has 1 fully saturated rings. The van der Waals surface area contributed by atoms with E-state index in [1.807, 2.05) is 24.9 Å². The molecule has 0 radical (unpaired) electrons. The third-order valence-electron chi connectivity index (χ3n) is 7.46. The van der Waals surface area contributed by atoms with Crippen LogP contribution in [-0.4, -0.2) is 156 Å². The number of pyridine rings is 1. The number of nitrogens with zero attached hydrogens (tertiary/aromatic N) is 7. The molecule has 0 saturated carbocycles. The summed E-state index contributed by atoms with van der Waals surface area (Å²) in [6.07, 6.45) is 3.36. The molecule has 22 nitrogen and oxygen atoms in total. The van der Waals surface area contributed by atoms with Crippen LogP contribution in [0.2, 0.25) is 0 Å². The number of aryl methyl sites for hydroxylation is 1. The summed E-state index contributed by atoms with van der Waals surface area (Å²) in [6.45, 7) is 5.08. The first-order valence-corrected chi connectivity index (χ1v) is 24.5. The van der Waals surface area contributed by atoms with Crippen molar-refractivity contribution in [2.45, 2.75) is 19.6 Å². The van der Waals surface area contributed by atoms with E-state index in [0.717, 1.165) is 35.7 Å². The van der Waals surface area contributed by atoms with Gasteiger partial charge < -0.3 is 10.2 Å². The summed E-state index contributed by atoms with van der Waals surface area (Å²) in [7, 11) is -12.7. The van der Waals surface area contributed by atoms with Gasteiger partial charge in [0.2, 0.25) is 0 Å².